The maximum atomic E-state index is 8.93. The first kappa shape index (κ1) is 11.7. The second-order valence-electron chi connectivity index (χ2n) is 7.21. The Morgan fingerprint density at radius 1 is 0.533 bits per heavy atom. The number of hydrogen-bond donors (Lipinski definition) is 0. The molecule has 6 aromatic carbocycles. The predicted octanol–water partition coefficient (Wildman–Crippen LogP) is 7.42. The zero-order valence-corrected chi connectivity index (χ0v) is 15.8. The van der Waals surface area contributed by atoms with Gasteiger partial charge in [-0.2, -0.15) is 0 Å². The van der Waals surface area contributed by atoms with Gasteiger partial charge >= 0.3 is 0 Å². The monoisotopic (exact) mass is 382 g/mol. The fourth-order valence-corrected chi connectivity index (χ4v) is 4.22. The van der Waals surface area contributed by atoms with Crippen molar-refractivity contribution in [3.63, 3.8) is 0 Å². The van der Waals surface area contributed by atoms with Crippen molar-refractivity contribution in [2.75, 3.05) is 0 Å². The van der Waals surface area contributed by atoms with E-state index in [-0.39, 0.29) is 58.0 Å². The Bertz CT molecular complexity index is 2070. The zero-order chi connectivity index (χ0) is 25.5. The van der Waals surface area contributed by atoms with Crippen molar-refractivity contribution in [1.29, 1.82) is 0 Å². The van der Waals surface area contributed by atoms with E-state index in [9.17, 15) is 0 Å². The van der Waals surface area contributed by atoms with E-state index in [0.717, 1.165) is 26.9 Å². The lowest BCUT2D eigenvalue weighted by Gasteiger charge is -2.13. The summed E-state index contributed by atoms with van der Waals surface area (Å²) in [5.74, 6) is 5.05. The highest BCUT2D eigenvalue weighted by Crippen LogP contribution is 2.39. The molecule has 0 unspecified atom stereocenters. The van der Waals surface area contributed by atoms with Gasteiger partial charge in [-0.15, -0.1) is 12.8 Å². The normalized spacial score (nSPS) is 14.1. The summed E-state index contributed by atoms with van der Waals surface area (Å²) < 4.78 is 52.0. The fraction of sp³-hybridized carbons (Fsp3) is 0. The summed E-state index contributed by atoms with van der Waals surface area (Å²) in [5, 5.41) is 5.89. The predicted molar refractivity (Wildman–Crippen MR) is 130 cm³/mol. The Kier molecular flexibility index (Phi) is 2.38. The lowest BCUT2D eigenvalue weighted by atomic mass is 9.90. The van der Waals surface area contributed by atoms with Crippen LogP contribution in [0.3, 0.4) is 0 Å². The third-order valence-electron chi connectivity index (χ3n) is 5.59. The molecule has 0 heteroatoms. The Balaban J connectivity index is 2.09. The van der Waals surface area contributed by atoms with Crippen LogP contribution in [-0.4, -0.2) is 0 Å². The van der Waals surface area contributed by atoms with Gasteiger partial charge in [-0.3, -0.25) is 0 Å². The van der Waals surface area contributed by atoms with Gasteiger partial charge in [0, 0.05) is 11.1 Å². The molecule has 0 aliphatic rings. The average Bonchev–Trinajstić information content (AvgIpc) is 2.88. The van der Waals surface area contributed by atoms with Crippen LogP contribution in [0.15, 0.2) is 84.8 Å². The molecule has 0 atom stereocenters. The minimum atomic E-state index is -0.317. The summed E-state index contributed by atoms with van der Waals surface area (Å²) in [4.78, 5) is 0. The number of fused-ring (bicyclic) bond motifs is 9. The van der Waals surface area contributed by atoms with Crippen LogP contribution in [0.1, 0.15) is 19.4 Å². The zero-order valence-electron chi connectivity index (χ0n) is 21.8. The van der Waals surface area contributed by atoms with Crippen molar-refractivity contribution in [3.05, 3.63) is 95.9 Å². The Morgan fingerprint density at radius 2 is 1.17 bits per heavy atom. The minimum absolute atomic E-state index is 0.0231. The summed E-state index contributed by atoms with van der Waals surface area (Å²) >= 11 is 0. The molecule has 30 heavy (non-hydrogen) atoms. The Labute approximate surface area is 183 Å². The van der Waals surface area contributed by atoms with E-state index >= 15 is 0 Å². The standard InChI is InChI=1S/C30H16/c1-3-19-5-7-21-9-11-23-13-15-25-16-14-24-12-10-22-8-6-20(4-2)18-27(22)29(24)30(25)28(23)26(21)17-19/h1-2,5-18H/i5D,7D,9D,11D,13D,17D. The molecule has 0 N–H and O–H groups in total. The van der Waals surface area contributed by atoms with Crippen LogP contribution >= 0.6 is 0 Å². The van der Waals surface area contributed by atoms with E-state index in [2.05, 4.69) is 11.8 Å². The lowest BCUT2D eigenvalue weighted by molar-refractivity contribution is 1.72. The quantitative estimate of drug-likeness (QED) is 0.189. The summed E-state index contributed by atoms with van der Waals surface area (Å²) in [5.41, 5.74) is 0.658. The fourth-order valence-electron chi connectivity index (χ4n) is 4.22. The van der Waals surface area contributed by atoms with E-state index in [1.807, 2.05) is 42.5 Å². The smallest absolute Gasteiger partial charge is 0.0643 e. The highest BCUT2D eigenvalue weighted by molar-refractivity contribution is 6.32. The summed E-state index contributed by atoms with van der Waals surface area (Å²) in [6.45, 7) is 0. The first-order valence-electron chi connectivity index (χ1n) is 12.5. The van der Waals surface area contributed by atoms with Crippen LogP contribution in [-0.2, 0) is 0 Å². The number of hydrogen-bond acceptors (Lipinski definition) is 0. The van der Waals surface area contributed by atoms with E-state index in [0.29, 0.717) is 16.3 Å². The van der Waals surface area contributed by atoms with Crippen molar-refractivity contribution < 1.29 is 8.22 Å². The van der Waals surface area contributed by atoms with Crippen molar-refractivity contribution in [2.45, 2.75) is 0 Å². The van der Waals surface area contributed by atoms with Crippen LogP contribution in [0.25, 0.3) is 53.9 Å². The first-order valence-corrected chi connectivity index (χ1v) is 9.46. The number of benzene rings is 6. The van der Waals surface area contributed by atoms with Gasteiger partial charge in [-0.05, 0) is 78.1 Å². The average molecular weight is 382 g/mol. The highest BCUT2D eigenvalue weighted by Gasteiger charge is 2.12. The molecule has 0 aliphatic heterocycles. The van der Waals surface area contributed by atoms with Crippen LogP contribution in [0.5, 0.6) is 0 Å². The summed E-state index contributed by atoms with van der Waals surface area (Å²) in [6, 6.07) is 14.0. The van der Waals surface area contributed by atoms with E-state index in [4.69, 9.17) is 21.1 Å². The Morgan fingerprint density at radius 3 is 1.97 bits per heavy atom. The van der Waals surface area contributed by atoms with Crippen LogP contribution in [0, 0.1) is 24.7 Å². The van der Waals surface area contributed by atoms with Gasteiger partial charge in [0.1, 0.15) is 0 Å². The minimum Gasteiger partial charge on any atom is -0.115 e. The molecule has 136 valence electrons. The van der Waals surface area contributed by atoms with E-state index in [1.54, 1.807) is 6.07 Å². The molecular weight excluding hydrogens is 360 g/mol. The summed E-state index contributed by atoms with van der Waals surface area (Å²) in [6.07, 6.45) is 11.3. The third kappa shape index (κ3) is 2.26. The first-order chi connectivity index (χ1) is 17.3. The van der Waals surface area contributed by atoms with Crippen molar-refractivity contribution in [2.24, 2.45) is 0 Å². The van der Waals surface area contributed by atoms with E-state index < -0.39 is 0 Å². The molecular formula is C30H16. The van der Waals surface area contributed by atoms with Gasteiger partial charge in [0.25, 0.3) is 0 Å². The molecule has 0 radical (unpaired) electrons. The van der Waals surface area contributed by atoms with Gasteiger partial charge in [0.15, 0.2) is 0 Å². The molecule has 0 aliphatic carbocycles. The maximum absolute atomic E-state index is 8.93. The molecule has 0 amide bonds. The second kappa shape index (κ2) is 6.12. The van der Waals surface area contributed by atoms with Crippen LogP contribution in [0.4, 0.5) is 0 Å². The van der Waals surface area contributed by atoms with E-state index in [1.165, 1.54) is 0 Å². The van der Waals surface area contributed by atoms with Gasteiger partial charge in [-0.1, -0.05) is 72.4 Å². The molecule has 0 heterocycles. The molecule has 6 rings (SSSR count). The van der Waals surface area contributed by atoms with Gasteiger partial charge in [0.05, 0.1) is 8.22 Å². The van der Waals surface area contributed by atoms with Crippen molar-refractivity contribution >= 4 is 53.9 Å². The van der Waals surface area contributed by atoms with Crippen LogP contribution in [0.2, 0.25) is 0 Å². The van der Waals surface area contributed by atoms with Crippen LogP contribution < -0.4 is 0 Å². The molecule has 0 fully saturated rings. The van der Waals surface area contributed by atoms with Crippen molar-refractivity contribution in [1.82, 2.24) is 0 Å². The molecule has 0 saturated carbocycles. The maximum Gasteiger partial charge on any atom is 0.0643 e. The summed E-state index contributed by atoms with van der Waals surface area (Å²) in [7, 11) is 0. The largest absolute Gasteiger partial charge is 0.115 e. The Hall–Kier alpha value is -4.26. The van der Waals surface area contributed by atoms with Crippen molar-refractivity contribution in [3.8, 4) is 24.7 Å². The molecule has 6 aromatic rings. The molecule has 0 nitrogen and oxygen atoms in total. The van der Waals surface area contributed by atoms with Gasteiger partial charge in [-0.25, -0.2) is 0 Å². The second-order valence-corrected chi connectivity index (χ2v) is 7.21. The number of terminal acetylenes is 2. The molecule has 0 aromatic heterocycles. The highest BCUT2D eigenvalue weighted by atomic mass is 14.1. The molecule has 0 bridgehead atoms. The third-order valence-corrected chi connectivity index (χ3v) is 5.59. The topological polar surface area (TPSA) is 0 Å². The van der Waals surface area contributed by atoms with Gasteiger partial charge in [0.2, 0.25) is 0 Å². The SMILES string of the molecule is [2H]c1c(C#C)c([2H])c2c(c1[2H])c([2H])c([2H])c1c([2H])cc3ccc4ccc5ccc(C#C)cc5c4c3c12. The molecule has 0 spiro atoms. The molecule has 0 saturated heterocycles. The lowest BCUT2D eigenvalue weighted by Crippen LogP contribution is -1.87. The number of rotatable bonds is 0. The van der Waals surface area contributed by atoms with Gasteiger partial charge < -0.3 is 0 Å².